The van der Waals surface area contributed by atoms with Gasteiger partial charge in [0.1, 0.15) is 5.75 Å². The molecular weight excluding hydrogens is 516 g/mol. The van der Waals surface area contributed by atoms with Crippen LogP contribution in [0.15, 0.2) is 107 Å². The largest absolute Gasteiger partial charge is 0.494 e. The lowest BCUT2D eigenvalue weighted by Crippen LogP contribution is -2.20. The van der Waals surface area contributed by atoms with Gasteiger partial charge in [-0.1, -0.05) is 43.7 Å². The third-order valence-corrected chi connectivity index (χ3v) is 6.51. The van der Waals surface area contributed by atoms with Crippen molar-refractivity contribution in [3.05, 3.63) is 114 Å². The molecule has 0 aliphatic rings. The Balaban J connectivity index is 1.32. The second-order valence-corrected chi connectivity index (χ2v) is 9.45. The molecule has 3 aromatic carbocycles. The number of hydrogen-bond donors (Lipinski definition) is 2. The molecule has 0 atom stereocenters. The van der Waals surface area contributed by atoms with Gasteiger partial charge in [-0.05, 0) is 79.6 Å². The lowest BCUT2D eigenvalue weighted by molar-refractivity contribution is 0.0955. The number of nitrogens with zero attached hydrogens (tertiary/aromatic N) is 2. The topological polar surface area (TPSA) is 106 Å². The van der Waals surface area contributed by atoms with Crippen LogP contribution >= 0.6 is 0 Å². The van der Waals surface area contributed by atoms with Gasteiger partial charge in [0.25, 0.3) is 11.8 Å². The fraction of sp³-hybridized carbons (Fsp3) is 0.152. The molecule has 0 aliphatic heterocycles. The van der Waals surface area contributed by atoms with Crippen LogP contribution in [-0.2, 0) is 0 Å². The van der Waals surface area contributed by atoms with Crippen molar-refractivity contribution in [2.75, 3.05) is 11.9 Å². The minimum Gasteiger partial charge on any atom is -0.494 e. The van der Waals surface area contributed by atoms with Gasteiger partial charge >= 0.3 is 0 Å². The van der Waals surface area contributed by atoms with E-state index in [0.29, 0.717) is 34.8 Å². The van der Waals surface area contributed by atoms with Crippen LogP contribution in [-0.4, -0.2) is 29.1 Å². The van der Waals surface area contributed by atoms with E-state index in [0.717, 1.165) is 35.1 Å². The molecule has 0 spiro atoms. The highest BCUT2D eigenvalue weighted by molar-refractivity contribution is 6.08. The van der Waals surface area contributed by atoms with E-state index in [1.807, 2.05) is 60.7 Å². The Hall–Kier alpha value is -5.24. The van der Waals surface area contributed by atoms with Gasteiger partial charge in [-0.3, -0.25) is 9.59 Å². The van der Waals surface area contributed by atoms with Crippen LogP contribution in [0.4, 0.5) is 5.69 Å². The van der Waals surface area contributed by atoms with Gasteiger partial charge in [0.2, 0.25) is 0 Å². The molecule has 0 bridgehead atoms. The van der Waals surface area contributed by atoms with E-state index in [2.05, 4.69) is 22.8 Å². The molecular formula is C33H30N4O4. The standard InChI is InChI=1S/C33H30N4O4/c1-3-4-19-40-26-17-13-24(14-18-26)30-21-28(27-8-5-6-9-29(27)35-30)32(38)37-36-22(2)23-11-15-25(16-12-23)34-33(39)31-10-7-20-41-31/h5-18,20-21H,3-4,19H2,1-2H3,(H,34,39)(H,37,38)/b36-22-. The number of ether oxygens (including phenoxy) is 1. The monoisotopic (exact) mass is 546 g/mol. The number of carbonyl (C=O) groups excluding carboxylic acids is 2. The number of hydrazone groups is 1. The summed E-state index contributed by atoms with van der Waals surface area (Å²) < 4.78 is 10.9. The van der Waals surface area contributed by atoms with Gasteiger partial charge in [-0.15, -0.1) is 0 Å². The average molecular weight is 547 g/mol. The van der Waals surface area contributed by atoms with E-state index in [1.165, 1.54) is 6.26 Å². The van der Waals surface area contributed by atoms with Crippen LogP contribution in [0, 0.1) is 0 Å². The van der Waals surface area contributed by atoms with Crippen LogP contribution in [0.2, 0.25) is 0 Å². The summed E-state index contributed by atoms with van der Waals surface area (Å²) in [6, 6.07) is 27.5. The Kier molecular flexibility index (Phi) is 8.49. The highest BCUT2D eigenvalue weighted by atomic mass is 16.5. The van der Waals surface area contributed by atoms with Gasteiger partial charge in [0.15, 0.2) is 5.76 Å². The van der Waals surface area contributed by atoms with E-state index < -0.39 is 0 Å². The predicted molar refractivity (Wildman–Crippen MR) is 160 cm³/mol. The maximum Gasteiger partial charge on any atom is 0.291 e. The first-order valence-electron chi connectivity index (χ1n) is 13.4. The molecule has 2 N–H and O–H groups in total. The molecule has 0 radical (unpaired) electrons. The second kappa shape index (κ2) is 12.7. The normalized spacial score (nSPS) is 11.3. The van der Waals surface area contributed by atoms with Gasteiger partial charge < -0.3 is 14.5 Å². The van der Waals surface area contributed by atoms with Crippen molar-refractivity contribution in [2.45, 2.75) is 26.7 Å². The summed E-state index contributed by atoms with van der Waals surface area (Å²) in [5.74, 6) is 0.361. The number of unbranched alkanes of at least 4 members (excludes halogenated alkanes) is 1. The SMILES string of the molecule is CCCCOc1ccc(-c2cc(C(=O)N/N=C(/C)c3ccc(NC(=O)c4ccco4)cc3)c3ccccc3n2)cc1. The van der Waals surface area contributed by atoms with Crippen molar-refractivity contribution in [3.63, 3.8) is 0 Å². The number of pyridine rings is 1. The van der Waals surface area contributed by atoms with Crippen LogP contribution in [0.3, 0.4) is 0 Å². The number of para-hydroxylation sites is 1. The molecule has 8 nitrogen and oxygen atoms in total. The molecule has 5 rings (SSSR count). The fourth-order valence-corrected chi connectivity index (χ4v) is 4.22. The quantitative estimate of drug-likeness (QED) is 0.111. The Labute approximate surface area is 238 Å². The van der Waals surface area contributed by atoms with Crippen molar-refractivity contribution in [1.29, 1.82) is 0 Å². The number of aromatic nitrogens is 1. The zero-order valence-electron chi connectivity index (χ0n) is 22.9. The predicted octanol–water partition coefficient (Wildman–Crippen LogP) is 7.08. The van der Waals surface area contributed by atoms with E-state index >= 15 is 0 Å². The molecule has 2 amide bonds. The molecule has 0 saturated heterocycles. The van der Waals surface area contributed by atoms with Gasteiger partial charge in [-0.25, -0.2) is 10.4 Å². The second-order valence-electron chi connectivity index (χ2n) is 9.45. The Bertz CT molecular complexity index is 1680. The van der Waals surface area contributed by atoms with Crippen molar-refractivity contribution in [2.24, 2.45) is 5.10 Å². The third kappa shape index (κ3) is 6.67. The summed E-state index contributed by atoms with van der Waals surface area (Å²) in [5, 5.41) is 7.85. The third-order valence-electron chi connectivity index (χ3n) is 6.51. The molecule has 8 heteroatoms. The Morgan fingerprint density at radius 2 is 1.71 bits per heavy atom. The molecule has 0 aliphatic carbocycles. The molecule has 5 aromatic rings. The molecule has 0 saturated carbocycles. The molecule has 206 valence electrons. The van der Waals surface area contributed by atoms with Crippen LogP contribution < -0.4 is 15.5 Å². The zero-order valence-corrected chi connectivity index (χ0v) is 22.9. The summed E-state index contributed by atoms with van der Waals surface area (Å²) in [5.41, 5.74) is 7.46. The zero-order chi connectivity index (χ0) is 28.6. The summed E-state index contributed by atoms with van der Waals surface area (Å²) in [7, 11) is 0. The minimum absolute atomic E-state index is 0.231. The number of hydrogen-bond acceptors (Lipinski definition) is 6. The van der Waals surface area contributed by atoms with Gasteiger partial charge in [-0.2, -0.15) is 5.10 Å². The molecule has 41 heavy (non-hydrogen) atoms. The maximum atomic E-state index is 13.3. The number of amides is 2. The van der Waals surface area contributed by atoms with E-state index in [9.17, 15) is 9.59 Å². The molecule has 2 aromatic heterocycles. The van der Waals surface area contributed by atoms with Crippen LogP contribution in [0.5, 0.6) is 5.75 Å². The number of nitrogens with one attached hydrogen (secondary N) is 2. The first kappa shape index (κ1) is 27.3. The maximum absolute atomic E-state index is 13.3. The van der Waals surface area contributed by atoms with Crippen molar-refractivity contribution in [1.82, 2.24) is 10.4 Å². The smallest absolute Gasteiger partial charge is 0.291 e. The van der Waals surface area contributed by atoms with Gasteiger partial charge in [0, 0.05) is 16.6 Å². The summed E-state index contributed by atoms with van der Waals surface area (Å²) in [4.78, 5) is 30.3. The lowest BCUT2D eigenvalue weighted by atomic mass is 10.0. The number of anilines is 1. The Morgan fingerprint density at radius 1 is 0.927 bits per heavy atom. The van der Waals surface area contributed by atoms with E-state index in [-0.39, 0.29) is 17.6 Å². The number of rotatable bonds is 10. The number of fused-ring (bicyclic) bond motifs is 1. The van der Waals surface area contributed by atoms with Crippen LogP contribution in [0.1, 0.15) is 53.2 Å². The number of furan rings is 1. The lowest BCUT2D eigenvalue weighted by Gasteiger charge is -2.11. The summed E-state index contributed by atoms with van der Waals surface area (Å²) in [6.45, 7) is 4.61. The fourth-order valence-electron chi connectivity index (χ4n) is 4.22. The van der Waals surface area contributed by atoms with E-state index in [4.69, 9.17) is 14.1 Å². The molecule has 2 heterocycles. The molecule has 0 unspecified atom stereocenters. The first-order chi connectivity index (χ1) is 20.0. The average Bonchev–Trinajstić information content (AvgIpc) is 3.56. The van der Waals surface area contributed by atoms with E-state index in [1.54, 1.807) is 37.3 Å². The van der Waals surface area contributed by atoms with Gasteiger partial charge in [0.05, 0.1) is 35.4 Å². The summed E-state index contributed by atoms with van der Waals surface area (Å²) >= 11 is 0. The number of carbonyl (C=O) groups is 2. The minimum atomic E-state index is -0.342. The summed E-state index contributed by atoms with van der Waals surface area (Å²) in [6.07, 6.45) is 3.53. The Morgan fingerprint density at radius 3 is 2.44 bits per heavy atom. The van der Waals surface area contributed by atoms with Crippen molar-refractivity contribution < 1.29 is 18.7 Å². The van der Waals surface area contributed by atoms with Crippen molar-refractivity contribution >= 4 is 34.1 Å². The highest BCUT2D eigenvalue weighted by Gasteiger charge is 2.14. The van der Waals surface area contributed by atoms with Crippen LogP contribution in [0.25, 0.3) is 22.2 Å². The highest BCUT2D eigenvalue weighted by Crippen LogP contribution is 2.26. The molecule has 0 fully saturated rings. The number of benzene rings is 3. The van der Waals surface area contributed by atoms with Crippen molar-refractivity contribution in [3.8, 4) is 17.0 Å². The first-order valence-corrected chi connectivity index (χ1v) is 13.4.